The van der Waals surface area contributed by atoms with Crippen LogP contribution in [0.5, 0.6) is 0 Å². The molecule has 0 unspecified atom stereocenters. The third-order valence-electron chi connectivity index (χ3n) is 4.59. The monoisotopic (exact) mass is 399 g/mol. The summed E-state index contributed by atoms with van der Waals surface area (Å²) in [4.78, 5) is 25.8. The van der Waals surface area contributed by atoms with Gasteiger partial charge in [0.15, 0.2) is 0 Å². The minimum Gasteiger partial charge on any atom is -0.463 e. The summed E-state index contributed by atoms with van der Waals surface area (Å²) < 4.78 is 5.23. The summed E-state index contributed by atoms with van der Waals surface area (Å²) in [5, 5.41) is 11.1. The summed E-state index contributed by atoms with van der Waals surface area (Å²) in [6.45, 7) is 4.33. The maximum atomic E-state index is 12.5. The van der Waals surface area contributed by atoms with E-state index in [9.17, 15) is 9.59 Å². The van der Waals surface area contributed by atoms with Gasteiger partial charge in [-0.15, -0.1) is 11.3 Å². The second-order valence-corrected chi connectivity index (χ2v) is 7.39. The molecule has 0 fully saturated rings. The summed E-state index contributed by atoms with van der Waals surface area (Å²) in [5.74, 6) is -0.397. The van der Waals surface area contributed by atoms with Crippen molar-refractivity contribution < 1.29 is 14.3 Å². The van der Waals surface area contributed by atoms with Crippen molar-refractivity contribution in [2.45, 2.75) is 32.4 Å². The Bertz CT molecular complexity index is 834. The Morgan fingerprint density at radius 2 is 2.00 bits per heavy atom. The van der Waals surface area contributed by atoms with Crippen molar-refractivity contribution in [2.75, 3.05) is 13.2 Å². The molecule has 0 radical (unpaired) electrons. The molecule has 148 valence electrons. The van der Waals surface area contributed by atoms with Crippen LogP contribution in [-0.4, -0.2) is 31.2 Å². The van der Waals surface area contributed by atoms with Crippen LogP contribution in [-0.2, 0) is 9.53 Å². The predicted octanol–water partition coefficient (Wildman–Crippen LogP) is 3.34. The van der Waals surface area contributed by atoms with Crippen LogP contribution in [0.1, 0.15) is 36.8 Å². The quantitative estimate of drug-likeness (QED) is 0.595. The fourth-order valence-electron chi connectivity index (χ4n) is 3.29. The fraction of sp³-hybridized carbons (Fsp3) is 0.333. The van der Waals surface area contributed by atoms with Gasteiger partial charge in [-0.1, -0.05) is 43.3 Å². The molecule has 0 aliphatic carbocycles. The maximum absolute atomic E-state index is 12.5. The van der Waals surface area contributed by atoms with E-state index in [-0.39, 0.29) is 24.7 Å². The third kappa shape index (κ3) is 4.61. The standard InChI is InChI=1S/C21H25N3O3S/c1-3-15-18(20(25)27-4-2)16(24-21(26)23-15)13-22-19(17-11-8-12-28-17)14-9-6-5-7-10-14/h5-12,15,19,22H,3-4,13H2,1-2H3,(H2,23,24,26)/t15-,19+/m0/s1. The lowest BCUT2D eigenvalue weighted by Gasteiger charge is -2.29. The van der Waals surface area contributed by atoms with Gasteiger partial charge >= 0.3 is 12.0 Å². The summed E-state index contributed by atoms with van der Waals surface area (Å²) in [6.07, 6.45) is 0.609. The first-order valence-corrected chi connectivity index (χ1v) is 10.3. The Labute approximate surface area is 169 Å². The topological polar surface area (TPSA) is 79.5 Å². The average molecular weight is 400 g/mol. The van der Waals surface area contributed by atoms with Crippen molar-refractivity contribution in [1.82, 2.24) is 16.0 Å². The number of carbonyl (C=O) groups is 2. The van der Waals surface area contributed by atoms with Crippen LogP contribution in [0.4, 0.5) is 4.79 Å². The highest BCUT2D eigenvalue weighted by Gasteiger charge is 2.31. The zero-order valence-electron chi connectivity index (χ0n) is 16.0. The van der Waals surface area contributed by atoms with Crippen molar-refractivity contribution in [3.8, 4) is 0 Å². The zero-order chi connectivity index (χ0) is 19.9. The van der Waals surface area contributed by atoms with Gasteiger partial charge in [0.1, 0.15) is 0 Å². The molecule has 0 bridgehead atoms. The number of thiophene rings is 1. The summed E-state index contributed by atoms with van der Waals surface area (Å²) in [7, 11) is 0. The second-order valence-electron chi connectivity index (χ2n) is 6.41. The minimum atomic E-state index is -0.397. The van der Waals surface area contributed by atoms with Crippen molar-refractivity contribution in [1.29, 1.82) is 0 Å². The van der Waals surface area contributed by atoms with Gasteiger partial charge in [-0.2, -0.15) is 0 Å². The molecule has 6 nitrogen and oxygen atoms in total. The molecule has 0 saturated heterocycles. The number of benzene rings is 1. The molecular formula is C21H25N3O3S. The molecule has 3 N–H and O–H groups in total. The van der Waals surface area contributed by atoms with E-state index >= 15 is 0 Å². The molecule has 1 aromatic carbocycles. The number of nitrogens with one attached hydrogen (secondary N) is 3. The van der Waals surface area contributed by atoms with Crippen molar-refractivity contribution in [3.05, 3.63) is 69.6 Å². The zero-order valence-corrected chi connectivity index (χ0v) is 16.8. The Hall–Kier alpha value is -2.64. The fourth-order valence-corrected chi connectivity index (χ4v) is 4.12. The molecule has 2 atom stereocenters. The van der Waals surface area contributed by atoms with Crippen LogP contribution < -0.4 is 16.0 Å². The van der Waals surface area contributed by atoms with E-state index in [2.05, 4.69) is 34.1 Å². The molecule has 2 heterocycles. The minimum absolute atomic E-state index is 0.0380. The molecule has 2 aromatic rings. The largest absolute Gasteiger partial charge is 0.463 e. The molecule has 0 spiro atoms. The predicted molar refractivity (Wildman–Crippen MR) is 110 cm³/mol. The molecule has 1 aliphatic rings. The lowest BCUT2D eigenvalue weighted by Crippen LogP contribution is -2.52. The van der Waals surface area contributed by atoms with E-state index in [0.717, 1.165) is 10.4 Å². The molecule has 0 saturated carbocycles. The number of hydrogen-bond donors (Lipinski definition) is 3. The second kappa shape index (κ2) is 9.52. The van der Waals surface area contributed by atoms with Crippen LogP contribution in [0.2, 0.25) is 0 Å². The number of rotatable bonds is 8. The Morgan fingerprint density at radius 3 is 2.64 bits per heavy atom. The van der Waals surface area contributed by atoms with Crippen LogP contribution in [0.15, 0.2) is 59.1 Å². The van der Waals surface area contributed by atoms with E-state index in [1.54, 1.807) is 18.3 Å². The van der Waals surface area contributed by atoms with Gasteiger partial charge < -0.3 is 15.4 Å². The lowest BCUT2D eigenvalue weighted by molar-refractivity contribution is -0.139. The molecular weight excluding hydrogens is 374 g/mol. The highest BCUT2D eigenvalue weighted by atomic mass is 32.1. The smallest absolute Gasteiger partial charge is 0.337 e. The van der Waals surface area contributed by atoms with Gasteiger partial charge in [0.2, 0.25) is 0 Å². The van der Waals surface area contributed by atoms with E-state index in [4.69, 9.17) is 4.74 Å². The Kier molecular flexibility index (Phi) is 6.84. The van der Waals surface area contributed by atoms with Crippen LogP contribution in [0.3, 0.4) is 0 Å². The molecule has 28 heavy (non-hydrogen) atoms. The number of hydrogen-bond acceptors (Lipinski definition) is 5. The van der Waals surface area contributed by atoms with Gasteiger partial charge in [0, 0.05) is 17.1 Å². The number of urea groups is 1. The number of amides is 2. The highest BCUT2D eigenvalue weighted by molar-refractivity contribution is 7.10. The first kappa shape index (κ1) is 20.1. The van der Waals surface area contributed by atoms with Crippen molar-refractivity contribution >= 4 is 23.3 Å². The summed E-state index contributed by atoms with van der Waals surface area (Å²) >= 11 is 1.66. The number of carbonyl (C=O) groups excluding carboxylic acids is 2. The average Bonchev–Trinajstić information content (AvgIpc) is 3.23. The van der Waals surface area contributed by atoms with Crippen molar-refractivity contribution in [3.63, 3.8) is 0 Å². The van der Waals surface area contributed by atoms with Crippen LogP contribution in [0, 0.1) is 0 Å². The summed E-state index contributed by atoms with van der Waals surface area (Å²) in [6, 6.07) is 13.5. The molecule has 1 aliphatic heterocycles. The van der Waals surface area contributed by atoms with Gasteiger partial charge in [-0.3, -0.25) is 5.32 Å². The van der Waals surface area contributed by atoms with Gasteiger partial charge in [0.25, 0.3) is 0 Å². The first-order chi connectivity index (χ1) is 13.6. The molecule has 1 aromatic heterocycles. The van der Waals surface area contributed by atoms with Gasteiger partial charge in [0.05, 0.1) is 24.3 Å². The maximum Gasteiger partial charge on any atom is 0.337 e. The third-order valence-corrected chi connectivity index (χ3v) is 5.53. The van der Waals surface area contributed by atoms with Crippen LogP contribution >= 0.6 is 11.3 Å². The number of ether oxygens (including phenoxy) is 1. The number of esters is 1. The lowest BCUT2D eigenvalue weighted by atomic mass is 9.99. The van der Waals surface area contributed by atoms with E-state index < -0.39 is 5.97 Å². The SMILES string of the molecule is CCOC(=O)C1=C(CN[C@H](c2ccccc2)c2cccs2)NC(=O)N[C@H]1CC. The Morgan fingerprint density at radius 1 is 1.21 bits per heavy atom. The van der Waals surface area contributed by atoms with Gasteiger partial charge in [-0.05, 0) is 30.4 Å². The molecule has 3 rings (SSSR count). The van der Waals surface area contributed by atoms with Crippen molar-refractivity contribution in [2.24, 2.45) is 0 Å². The highest BCUT2D eigenvalue weighted by Crippen LogP contribution is 2.26. The van der Waals surface area contributed by atoms with Crippen LogP contribution in [0.25, 0.3) is 0 Å². The normalized spacial score (nSPS) is 17.6. The molecule has 7 heteroatoms. The van der Waals surface area contributed by atoms with E-state index in [0.29, 0.717) is 24.2 Å². The van der Waals surface area contributed by atoms with E-state index in [1.165, 1.54) is 0 Å². The molecule has 2 amide bonds. The van der Waals surface area contributed by atoms with E-state index in [1.807, 2.05) is 36.6 Å². The Balaban J connectivity index is 1.89. The first-order valence-electron chi connectivity index (χ1n) is 9.43. The van der Waals surface area contributed by atoms with Gasteiger partial charge in [-0.25, -0.2) is 9.59 Å². The summed E-state index contributed by atoms with van der Waals surface area (Å²) in [5.41, 5.74) is 2.16.